The second-order valence-corrected chi connectivity index (χ2v) is 8.11. The van der Waals surface area contributed by atoms with Crippen molar-refractivity contribution in [3.63, 3.8) is 0 Å². The summed E-state index contributed by atoms with van der Waals surface area (Å²) in [5.41, 5.74) is 1.89. The molecule has 27 heavy (non-hydrogen) atoms. The summed E-state index contributed by atoms with van der Waals surface area (Å²) in [6.07, 6.45) is 1.48. The summed E-state index contributed by atoms with van der Waals surface area (Å²) >= 11 is 5.29. The molecule has 6 nitrogen and oxygen atoms in total. The van der Waals surface area contributed by atoms with Gasteiger partial charge in [0.15, 0.2) is 0 Å². The maximum atomic E-state index is 13.1. The molecule has 142 valence electrons. The molecule has 1 saturated heterocycles. The molecule has 8 heteroatoms. The number of anilines is 1. The van der Waals surface area contributed by atoms with Crippen LogP contribution in [0.4, 0.5) is 10.5 Å². The molecule has 1 aliphatic heterocycles. The molecule has 3 rings (SSSR count). The topological polar surface area (TPSA) is 62.7 Å². The van der Waals surface area contributed by atoms with E-state index in [0.717, 1.165) is 34.8 Å². The third-order valence-corrected chi connectivity index (χ3v) is 5.69. The van der Waals surface area contributed by atoms with Gasteiger partial charge in [-0.1, -0.05) is 15.9 Å². The van der Waals surface area contributed by atoms with Gasteiger partial charge in [0.2, 0.25) is 0 Å². The van der Waals surface area contributed by atoms with Crippen molar-refractivity contribution in [1.82, 2.24) is 9.88 Å². The quantitative estimate of drug-likeness (QED) is 0.664. The minimum atomic E-state index is -0.430. The van der Waals surface area contributed by atoms with Crippen molar-refractivity contribution in [2.45, 2.75) is 6.54 Å². The van der Waals surface area contributed by atoms with Crippen molar-refractivity contribution in [3.8, 4) is 0 Å². The molecular formula is C19H20BrN3O3S. The number of methoxy groups -OCH3 is 1. The summed E-state index contributed by atoms with van der Waals surface area (Å²) < 4.78 is 5.65. The van der Waals surface area contributed by atoms with Crippen LogP contribution in [0.5, 0.6) is 0 Å². The Kier molecular flexibility index (Phi) is 6.73. The van der Waals surface area contributed by atoms with E-state index in [1.807, 2.05) is 40.9 Å². The van der Waals surface area contributed by atoms with Gasteiger partial charge in [-0.3, -0.25) is 9.88 Å². The highest BCUT2D eigenvalue weighted by molar-refractivity contribution is 9.10. The lowest BCUT2D eigenvalue weighted by molar-refractivity contribution is 0.0600. The lowest BCUT2D eigenvalue weighted by atomic mass is 10.2. The number of pyridine rings is 1. The van der Waals surface area contributed by atoms with E-state index < -0.39 is 5.97 Å². The number of carbonyl (C=O) groups excluding carboxylic acids is 2. The van der Waals surface area contributed by atoms with Gasteiger partial charge in [-0.15, -0.1) is 0 Å². The number of rotatable bonds is 4. The predicted octanol–water partition coefficient (Wildman–Crippen LogP) is 3.81. The number of halogens is 1. The zero-order valence-electron chi connectivity index (χ0n) is 14.9. The smallest absolute Gasteiger partial charge is 0.339 e. The van der Waals surface area contributed by atoms with Crippen molar-refractivity contribution in [2.75, 3.05) is 36.6 Å². The zero-order chi connectivity index (χ0) is 19.2. The molecule has 0 atom stereocenters. The van der Waals surface area contributed by atoms with Crippen LogP contribution in [0.1, 0.15) is 16.1 Å². The first-order valence-electron chi connectivity index (χ1n) is 8.51. The van der Waals surface area contributed by atoms with Crippen molar-refractivity contribution in [3.05, 3.63) is 58.3 Å². The lowest BCUT2D eigenvalue weighted by Gasteiger charge is -2.32. The van der Waals surface area contributed by atoms with Crippen molar-refractivity contribution in [2.24, 2.45) is 0 Å². The van der Waals surface area contributed by atoms with Gasteiger partial charge < -0.3 is 9.64 Å². The molecule has 0 radical (unpaired) electrons. The summed E-state index contributed by atoms with van der Waals surface area (Å²) in [7, 11) is 1.33. The van der Waals surface area contributed by atoms with Gasteiger partial charge >= 0.3 is 12.0 Å². The average molecular weight is 450 g/mol. The van der Waals surface area contributed by atoms with E-state index in [1.165, 1.54) is 13.3 Å². The molecule has 2 aromatic rings. The number of amides is 2. The fourth-order valence-electron chi connectivity index (χ4n) is 2.73. The van der Waals surface area contributed by atoms with Crippen LogP contribution in [-0.2, 0) is 11.3 Å². The maximum Gasteiger partial charge on any atom is 0.339 e. The van der Waals surface area contributed by atoms with E-state index in [0.29, 0.717) is 17.8 Å². The molecule has 1 aromatic heterocycles. The number of ether oxygens (including phenoxy) is 1. The normalized spacial score (nSPS) is 13.9. The Hall–Kier alpha value is -2.06. The van der Waals surface area contributed by atoms with Crippen molar-refractivity contribution in [1.29, 1.82) is 0 Å². The van der Waals surface area contributed by atoms with Gasteiger partial charge in [-0.2, -0.15) is 11.8 Å². The Morgan fingerprint density at radius 3 is 2.48 bits per heavy atom. The number of hydrogen-bond donors (Lipinski definition) is 0. The highest BCUT2D eigenvalue weighted by atomic mass is 79.9. The molecule has 0 N–H and O–H groups in total. The van der Waals surface area contributed by atoms with Gasteiger partial charge in [0.25, 0.3) is 0 Å². The largest absolute Gasteiger partial charge is 0.465 e. The fraction of sp³-hybridized carbons (Fsp3) is 0.316. The summed E-state index contributed by atoms with van der Waals surface area (Å²) in [6, 6.07) is 11.0. The number of benzene rings is 1. The molecule has 1 aliphatic rings. The number of hydrogen-bond acceptors (Lipinski definition) is 5. The van der Waals surface area contributed by atoms with Gasteiger partial charge in [0.05, 0.1) is 24.9 Å². The number of urea groups is 1. The molecule has 0 bridgehead atoms. The number of carbonyl (C=O) groups is 2. The molecule has 0 saturated carbocycles. The van der Waals surface area contributed by atoms with Crippen LogP contribution < -0.4 is 4.90 Å². The van der Waals surface area contributed by atoms with Crippen molar-refractivity contribution < 1.29 is 14.3 Å². The SMILES string of the molecule is COC(=O)c1ccc(CN(C(=O)N2CCSCC2)c2ccc(Br)cc2)nc1. The first kappa shape index (κ1) is 19.7. The van der Waals surface area contributed by atoms with Crippen LogP contribution in [0.2, 0.25) is 0 Å². The van der Waals surface area contributed by atoms with Crippen LogP contribution in [0.25, 0.3) is 0 Å². The van der Waals surface area contributed by atoms with Crippen LogP contribution in [0.15, 0.2) is 47.1 Å². The molecule has 1 fully saturated rings. The van der Waals surface area contributed by atoms with E-state index in [2.05, 4.69) is 20.9 Å². The number of thioether (sulfide) groups is 1. The summed E-state index contributed by atoms with van der Waals surface area (Å²) in [4.78, 5) is 32.6. The van der Waals surface area contributed by atoms with E-state index in [1.54, 1.807) is 17.0 Å². The summed E-state index contributed by atoms with van der Waals surface area (Å²) in [6.45, 7) is 1.81. The Bertz CT molecular complexity index is 793. The minimum absolute atomic E-state index is 0.0310. The minimum Gasteiger partial charge on any atom is -0.465 e. The molecular weight excluding hydrogens is 430 g/mol. The van der Waals surface area contributed by atoms with Crippen LogP contribution >= 0.6 is 27.7 Å². The monoisotopic (exact) mass is 449 g/mol. The summed E-state index contributed by atoms with van der Waals surface area (Å²) in [5.74, 6) is 1.47. The molecule has 1 aromatic carbocycles. The Morgan fingerprint density at radius 1 is 1.19 bits per heavy atom. The molecule has 2 amide bonds. The molecule has 0 aliphatic carbocycles. The molecule has 0 spiro atoms. The second-order valence-electron chi connectivity index (χ2n) is 5.97. The van der Waals surface area contributed by atoms with Crippen LogP contribution in [0, 0.1) is 0 Å². The summed E-state index contributed by atoms with van der Waals surface area (Å²) in [5, 5.41) is 0. The van der Waals surface area contributed by atoms with Gasteiger partial charge in [0.1, 0.15) is 0 Å². The maximum absolute atomic E-state index is 13.1. The van der Waals surface area contributed by atoms with E-state index >= 15 is 0 Å². The van der Waals surface area contributed by atoms with E-state index in [-0.39, 0.29) is 6.03 Å². The number of nitrogens with zero attached hydrogens (tertiary/aromatic N) is 3. The third-order valence-electron chi connectivity index (χ3n) is 4.22. The Morgan fingerprint density at radius 2 is 1.89 bits per heavy atom. The van der Waals surface area contributed by atoms with Gasteiger partial charge in [0, 0.05) is 41.0 Å². The van der Waals surface area contributed by atoms with Gasteiger partial charge in [-0.05, 0) is 36.4 Å². The Labute approximate surface area is 171 Å². The third kappa shape index (κ3) is 5.01. The highest BCUT2D eigenvalue weighted by Crippen LogP contribution is 2.23. The standard InChI is InChI=1S/C19H20BrN3O3S/c1-26-18(24)14-2-5-16(21-12-14)13-23(17-6-3-15(20)4-7-17)19(25)22-8-10-27-11-9-22/h2-7,12H,8-11,13H2,1H3. The predicted molar refractivity (Wildman–Crippen MR) is 110 cm³/mol. The number of aromatic nitrogens is 1. The lowest BCUT2D eigenvalue weighted by Crippen LogP contribution is -2.46. The van der Waals surface area contributed by atoms with E-state index in [4.69, 9.17) is 4.74 Å². The number of esters is 1. The second kappa shape index (κ2) is 9.23. The van der Waals surface area contributed by atoms with Crippen LogP contribution in [0.3, 0.4) is 0 Å². The fourth-order valence-corrected chi connectivity index (χ4v) is 3.90. The first-order valence-corrected chi connectivity index (χ1v) is 10.5. The van der Waals surface area contributed by atoms with Crippen LogP contribution in [-0.4, -0.2) is 53.6 Å². The molecule has 2 heterocycles. The van der Waals surface area contributed by atoms with Gasteiger partial charge in [-0.25, -0.2) is 9.59 Å². The Balaban J connectivity index is 1.83. The first-order chi connectivity index (χ1) is 13.1. The highest BCUT2D eigenvalue weighted by Gasteiger charge is 2.24. The zero-order valence-corrected chi connectivity index (χ0v) is 17.3. The average Bonchev–Trinajstić information content (AvgIpc) is 2.73. The van der Waals surface area contributed by atoms with Crippen molar-refractivity contribution >= 4 is 45.4 Å². The molecule has 0 unspecified atom stereocenters. The van der Waals surface area contributed by atoms with E-state index in [9.17, 15) is 9.59 Å².